The maximum atomic E-state index is 14.4. The van der Waals surface area contributed by atoms with E-state index in [0.717, 1.165) is 21.0 Å². The van der Waals surface area contributed by atoms with E-state index in [0.29, 0.717) is 11.5 Å². The molecule has 0 aliphatic carbocycles. The summed E-state index contributed by atoms with van der Waals surface area (Å²) in [4.78, 5) is 29.2. The molecule has 0 radical (unpaired) electrons. The third kappa shape index (κ3) is 7.76. The van der Waals surface area contributed by atoms with E-state index in [-0.39, 0.29) is 29.5 Å². The van der Waals surface area contributed by atoms with Crippen molar-refractivity contribution in [2.45, 2.75) is 30.8 Å². The smallest absolute Gasteiger partial charge is 0.264 e. The van der Waals surface area contributed by atoms with Crippen LogP contribution in [0.1, 0.15) is 16.7 Å². The summed E-state index contributed by atoms with van der Waals surface area (Å²) in [5, 5.41) is 2.68. The van der Waals surface area contributed by atoms with E-state index in [2.05, 4.69) is 5.32 Å². The van der Waals surface area contributed by atoms with Crippen LogP contribution in [0.2, 0.25) is 0 Å². The molecule has 0 fully saturated rings. The van der Waals surface area contributed by atoms with Crippen molar-refractivity contribution in [3.63, 3.8) is 0 Å². The third-order valence-electron chi connectivity index (χ3n) is 7.25. The molecule has 2 amide bonds. The van der Waals surface area contributed by atoms with E-state index >= 15 is 0 Å². The van der Waals surface area contributed by atoms with Crippen molar-refractivity contribution in [1.29, 1.82) is 0 Å². The molecule has 9 nitrogen and oxygen atoms in total. The van der Waals surface area contributed by atoms with E-state index in [1.54, 1.807) is 61.7 Å². The second kappa shape index (κ2) is 14.6. The van der Waals surface area contributed by atoms with Crippen LogP contribution >= 0.6 is 0 Å². The molecule has 4 rings (SSSR count). The van der Waals surface area contributed by atoms with E-state index in [1.165, 1.54) is 31.2 Å². The highest BCUT2D eigenvalue weighted by atomic mass is 32.2. The summed E-state index contributed by atoms with van der Waals surface area (Å²) in [5.41, 5.74) is 2.75. The Morgan fingerprint density at radius 1 is 0.795 bits per heavy atom. The molecule has 1 atom stereocenters. The number of hydrogen-bond acceptors (Lipinski definition) is 6. The zero-order valence-corrected chi connectivity index (χ0v) is 26.1. The number of sulfonamides is 1. The van der Waals surface area contributed by atoms with Gasteiger partial charge >= 0.3 is 0 Å². The molecule has 230 valence electrons. The fraction of sp³-hybridized carbons (Fsp3) is 0.235. The average molecular weight is 616 g/mol. The maximum absolute atomic E-state index is 14.4. The summed E-state index contributed by atoms with van der Waals surface area (Å²) in [5.74, 6) is 0.206. The quantitative estimate of drug-likeness (QED) is 0.236. The van der Waals surface area contributed by atoms with Crippen molar-refractivity contribution in [1.82, 2.24) is 10.2 Å². The number of methoxy groups -OCH3 is 2. The lowest BCUT2D eigenvalue weighted by molar-refractivity contribution is -0.139. The first-order chi connectivity index (χ1) is 21.2. The van der Waals surface area contributed by atoms with Gasteiger partial charge in [-0.05, 0) is 66.6 Å². The molecule has 0 aliphatic rings. The Morgan fingerprint density at radius 2 is 1.43 bits per heavy atom. The number of likely N-dealkylation sites (N-methyl/N-ethyl adjacent to an activating group) is 1. The van der Waals surface area contributed by atoms with Crippen LogP contribution < -0.4 is 19.1 Å². The summed E-state index contributed by atoms with van der Waals surface area (Å²) in [6, 6.07) is 28.5. The lowest BCUT2D eigenvalue weighted by atomic mass is 10.0. The van der Waals surface area contributed by atoms with E-state index < -0.39 is 28.5 Å². The summed E-state index contributed by atoms with van der Waals surface area (Å²) < 4.78 is 39.9. The highest BCUT2D eigenvalue weighted by Gasteiger charge is 2.34. The predicted molar refractivity (Wildman–Crippen MR) is 170 cm³/mol. The van der Waals surface area contributed by atoms with Gasteiger partial charge in [0.25, 0.3) is 10.0 Å². The first kappa shape index (κ1) is 32.1. The van der Waals surface area contributed by atoms with Gasteiger partial charge in [-0.25, -0.2) is 8.42 Å². The molecule has 0 spiro atoms. The Morgan fingerprint density at radius 3 is 2.05 bits per heavy atom. The molecule has 1 N–H and O–H groups in total. The van der Waals surface area contributed by atoms with E-state index in [9.17, 15) is 18.0 Å². The lowest BCUT2D eigenvalue weighted by Gasteiger charge is -2.33. The number of ether oxygens (including phenoxy) is 2. The van der Waals surface area contributed by atoms with Crippen LogP contribution in [0.4, 0.5) is 5.69 Å². The summed E-state index contributed by atoms with van der Waals surface area (Å²) in [6.07, 6.45) is 0.226. The highest BCUT2D eigenvalue weighted by molar-refractivity contribution is 7.92. The molecule has 44 heavy (non-hydrogen) atoms. The van der Waals surface area contributed by atoms with Crippen molar-refractivity contribution in [2.24, 2.45) is 0 Å². The third-order valence-corrected chi connectivity index (χ3v) is 9.04. The van der Waals surface area contributed by atoms with Gasteiger partial charge in [0.15, 0.2) is 0 Å². The zero-order valence-electron chi connectivity index (χ0n) is 25.3. The van der Waals surface area contributed by atoms with Crippen molar-refractivity contribution in [2.75, 3.05) is 32.1 Å². The normalized spacial score (nSPS) is 11.7. The number of hydrogen-bond donors (Lipinski definition) is 1. The second-order valence-electron chi connectivity index (χ2n) is 10.2. The first-order valence-corrected chi connectivity index (χ1v) is 15.5. The number of nitrogens with one attached hydrogen (secondary N) is 1. The highest BCUT2D eigenvalue weighted by Crippen LogP contribution is 2.27. The van der Waals surface area contributed by atoms with Crippen LogP contribution in [0.3, 0.4) is 0 Å². The molecule has 1 unspecified atom stereocenters. The van der Waals surface area contributed by atoms with Gasteiger partial charge in [-0.15, -0.1) is 0 Å². The number of benzene rings is 4. The molecule has 10 heteroatoms. The van der Waals surface area contributed by atoms with Crippen LogP contribution in [-0.4, -0.2) is 59.0 Å². The van der Waals surface area contributed by atoms with Crippen LogP contribution in [0.5, 0.6) is 11.5 Å². The van der Waals surface area contributed by atoms with Crippen molar-refractivity contribution in [3.8, 4) is 11.5 Å². The Bertz CT molecular complexity index is 1660. The van der Waals surface area contributed by atoms with Crippen LogP contribution in [0.25, 0.3) is 0 Å². The number of nitrogens with zero attached hydrogens (tertiary/aromatic N) is 2. The topological polar surface area (TPSA) is 105 Å². The monoisotopic (exact) mass is 615 g/mol. The number of carbonyl (C=O) groups excluding carboxylic acids is 2. The minimum absolute atomic E-state index is 0.0400. The summed E-state index contributed by atoms with van der Waals surface area (Å²) in [6.45, 7) is 1.36. The van der Waals surface area contributed by atoms with Gasteiger partial charge in [0.2, 0.25) is 11.8 Å². The molecule has 0 heterocycles. The maximum Gasteiger partial charge on any atom is 0.264 e. The number of rotatable bonds is 13. The van der Waals surface area contributed by atoms with E-state index in [1.807, 2.05) is 43.3 Å². The van der Waals surface area contributed by atoms with Crippen LogP contribution in [0, 0.1) is 6.92 Å². The second-order valence-corrected chi connectivity index (χ2v) is 12.1. The molecule has 0 aromatic heterocycles. The average Bonchev–Trinajstić information content (AvgIpc) is 3.05. The van der Waals surface area contributed by atoms with Crippen molar-refractivity contribution in [3.05, 3.63) is 120 Å². The molecule has 0 aliphatic heterocycles. The minimum atomic E-state index is -4.19. The lowest BCUT2D eigenvalue weighted by Crippen LogP contribution is -2.53. The number of amides is 2. The Hall–Kier alpha value is -4.83. The molecule has 0 bridgehead atoms. The van der Waals surface area contributed by atoms with Gasteiger partial charge in [-0.1, -0.05) is 60.2 Å². The van der Waals surface area contributed by atoms with Gasteiger partial charge in [0, 0.05) is 20.0 Å². The standard InChI is InChI=1S/C34H37N3O6S/c1-25-13-19-31(20-14-25)44(40,41)37(28-15-17-29(42-3)18-16-28)24-33(38)36(23-27-11-8-12-30(21-27)43-4)32(34(39)35-2)22-26-9-6-5-7-10-26/h5-21,32H,22-24H2,1-4H3,(H,35,39). The Balaban J connectivity index is 1.79. The Kier molecular flexibility index (Phi) is 10.6. The summed E-state index contributed by atoms with van der Waals surface area (Å²) >= 11 is 0. The van der Waals surface area contributed by atoms with Crippen LogP contribution in [0.15, 0.2) is 108 Å². The van der Waals surface area contributed by atoms with Gasteiger partial charge in [0.05, 0.1) is 24.8 Å². The summed E-state index contributed by atoms with van der Waals surface area (Å²) in [7, 11) is 0.390. The zero-order chi connectivity index (χ0) is 31.7. The molecule has 0 saturated heterocycles. The molecule has 4 aromatic carbocycles. The van der Waals surface area contributed by atoms with E-state index in [4.69, 9.17) is 9.47 Å². The van der Waals surface area contributed by atoms with Crippen LogP contribution in [-0.2, 0) is 32.6 Å². The SMILES string of the molecule is CNC(=O)C(Cc1ccccc1)N(Cc1cccc(OC)c1)C(=O)CN(c1ccc(OC)cc1)S(=O)(=O)c1ccc(C)cc1. The molecular formula is C34H37N3O6S. The minimum Gasteiger partial charge on any atom is -0.497 e. The van der Waals surface area contributed by atoms with Crippen molar-refractivity contribution >= 4 is 27.5 Å². The molecule has 4 aromatic rings. The Labute approximate surface area is 259 Å². The molecular weight excluding hydrogens is 578 g/mol. The van der Waals surface area contributed by atoms with Gasteiger partial charge in [-0.3, -0.25) is 13.9 Å². The number of aryl methyl sites for hydroxylation is 1. The predicted octanol–water partition coefficient (Wildman–Crippen LogP) is 4.59. The van der Waals surface area contributed by atoms with Gasteiger partial charge in [0.1, 0.15) is 24.1 Å². The first-order valence-electron chi connectivity index (χ1n) is 14.1. The number of carbonyl (C=O) groups is 2. The molecule has 0 saturated carbocycles. The van der Waals surface area contributed by atoms with Gasteiger partial charge in [-0.2, -0.15) is 0 Å². The fourth-order valence-electron chi connectivity index (χ4n) is 4.80. The van der Waals surface area contributed by atoms with Gasteiger partial charge < -0.3 is 19.7 Å². The van der Waals surface area contributed by atoms with Crippen molar-refractivity contribution < 1.29 is 27.5 Å². The number of anilines is 1. The fourth-order valence-corrected chi connectivity index (χ4v) is 6.22. The largest absolute Gasteiger partial charge is 0.497 e.